The summed E-state index contributed by atoms with van der Waals surface area (Å²) in [5.74, 6) is 1.39. The molecule has 3 aromatic rings. The van der Waals surface area contributed by atoms with E-state index in [1.54, 1.807) is 35.4 Å². The standard InChI is InChI=1S/C18H19FN6O/c1-11-8-25(10-21-11)15-5-4-13(6-14(15)19)22-18-20-7-16-17(23-18)24(3)9-12(2)26-16/h4-8,10,12H,9H2,1-3H3,(H,20,22,23). The van der Waals surface area contributed by atoms with E-state index in [2.05, 4.69) is 20.3 Å². The zero-order chi connectivity index (χ0) is 18.3. The minimum Gasteiger partial charge on any atom is -0.483 e. The Kier molecular flexibility index (Phi) is 3.95. The molecular weight excluding hydrogens is 335 g/mol. The van der Waals surface area contributed by atoms with E-state index in [4.69, 9.17) is 4.74 Å². The number of likely N-dealkylation sites (N-methyl/N-ethyl adjacent to an activating group) is 1. The largest absolute Gasteiger partial charge is 0.483 e. The van der Waals surface area contributed by atoms with Crippen molar-refractivity contribution in [1.82, 2.24) is 19.5 Å². The highest BCUT2D eigenvalue weighted by atomic mass is 19.1. The molecule has 0 radical (unpaired) electrons. The second kappa shape index (κ2) is 6.29. The number of aryl methyl sites for hydroxylation is 1. The lowest BCUT2D eigenvalue weighted by Crippen LogP contribution is -2.36. The summed E-state index contributed by atoms with van der Waals surface area (Å²) in [5, 5.41) is 3.04. The third kappa shape index (κ3) is 3.05. The van der Waals surface area contributed by atoms with Crippen LogP contribution in [-0.4, -0.2) is 39.2 Å². The van der Waals surface area contributed by atoms with Crippen molar-refractivity contribution in [2.24, 2.45) is 0 Å². The van der Waals surface area contributed by atoms with Gasteiger partial charge in [-0.25, -0.2) is 14.4 Å². The van der Waals surface area contributed by atoms with E-state index in [1.807, 2.05) is 25.8 Å². The maximum absolute atomic E-state index is 14.5. The summed E-state index contributed by atoms with van der Waals surface area (Å²) in [4.78, 5) is 14.9. The van der Waals surface area contributed by atoms with Gasteiger partial charge in [-0.1, -0.05) is 0 Å². The Morgan fingerprint density at radius 3 is 2.88 bits per heavy atom. The van der Waals surface area contributed by atoms with Gasteiger partial charge in [0, 0.05) is 18.9 Å². The second-order valence-corrected chi connectivity index (χ2v) is 6.40. The Bertz CT molecular complexity index is 957. The normalized spacial score (nSPS) is 16.2. The number of nitrogens with zero attached hydrogens (tertiary/aromatic N) is 5. The number of hydrogen-bond donors (Lipinski definition) is 1. The van der Waals surface area contributed by atoms with Crippen LogP contribution in [0.5, 0.6) is 5.75 Å². The third-order valence-electron chi connectivity index (χ3n) is 4.15. The van der Waals surface area contributed by atoms with Crippen LogP contribution in [0, 0.1) is 12.7 Å². The third-order valence-corrected chi connectivity index (χ3v) is 4.15. The van der Waals surface area contributed by atoms with Crippen molar-refractivity contribution < 1.29 is 9.13 Å². The van der Waals surface area contributed by atoms with Crippen molar-refractivity contribution >= 4 is 17.5 Å². The first-order valence-electron chi connectivity index (χ1n) is 8.32. The molecule has 1 aliphatic rings. The summed E-state index contributed by atoms with van der Waals surface area (Å²) in [6.45, 7) is 4.61. The molecule has 0 aliphatic carbocycles. The van der Waals surface area contributed by atoms with Crippen LogP contribution < -0.4 is 15.0 Å². The molecule has 2 aromatic heterocycles. The maximum atomic E-state index is 14.5. The van der Waals surface area contributed by atoms with Crippen LogP contribution in [0.4, 0.5) is 21.8 Å². The number of fused-ring (bicyclic) bond motifs is 1. The first-order valence-corrected chi connectivity index (χ1v) is 8.32. The quantitative estimate of drug-likeness (QED) is 0.780. The first kappa shape index (κ1) is 16.3. The molecular formula is C18H19FN6O. The molecule has 8 heteroatoms. The predicted octanol–water partition coefficient (Wildman–Crippen LogP) is 3.07. The molecule has 1 N–H and O–H groups in total. The van der Waals surface area contributed by atoms with Crippen molar-refractivity contribution in [3.63, 3.8) is 0 Å². The molecule has 4 rings (SSSR count). The highest BCUT2D eigenvalue weighted by Gasteiger charge is 2.22. The Morgan fingerprint density at radius 2 is 2.15 bits per heavy atom. The molecule has 0 saturated carbocycles. The minimum absolute atomic E-state index is 0.0864. The molecule has 26 heavy (non-hydrogen) atoms. The Balaban J connectivity index is 1.58. The van der Waals surface area contributed by atoms with E-state index in [-0.39, 0.29) is 11.9 Å². The van der Waals surface area contributed by atoms with Gasteiger partial charge in [0.05, 0.1) is 30.5 Å². The number of benzene rings is 1. The van der Waals surface area contributed by atoms with Crippen LogP contribution in [0.3, 0.4) is 0 Å². The summed E-state index contributed by atoms with van der Waals surface area (Å²) in [5.41, 5.74) is 1.83. The van der Waals surface area contributed by atoms with Gasteiger partial charge in [-0.3, -0.25) is 0 Å². The van der Waals surface area contributed by atoms with Crippen molar-refractivity contribution in [3.05, 3.63) is 48.4 Å². The fourth-order valence-electron chi connectivity index (χ4n) is 2.98. The summed E-state index contributed by atoms with van der Waals surface area (Å²) in [7, 11) is 1.95. The van der Waals surface area contributed by atoms with E-state index >= 15 is 0 Å². The van der Waals surface area contributed by atoms with Gasteiger partial charge in [-0.05, 0) is 32.0 Å². The SMILES string of the molecule is Cc1cn(-c2ccc(Nc3ncc4c(n3)N(C)CC(C)O4)cc2F)cn1. The number of anilines is 3. The van der Waals surface area contributed by atoms with Crippen molar-refractivity contribution in [2.45, 2.75) is 20.0 Å². The molecule has 1 aromatic carbocycles. The molecule has 1 aliphatic heterocycles. The van der Waals surface area contributed by atoms with Crippen molar-refractivity contribution in [2.75, 3.05) is 23.8 Å². The molecule has 1 atom stereocenters. The molecule has 0 saturated heterocycles. The number of nitrogens with one attached hydrogen (secondary N) is 1. The predicted molar refractivity (Wildman–Crippen MR) is 96.9 cm³/mol. The average molecular weight is 354 g/mol. The summed E-state index contributed by atoms with van der Waals surface area (Å²) in [6, 6.07) is 4.88. The van der Waals surface area contributed by atoms with E-state index in [0.717, 1.165) is 12.2 Å². The molecule has 0 spiro atoms. The topological polar surface area (TPSA) is 68.1 Å². The van der Waals surface area contributed by atoms with Gasteiger partial charge in [-0.15, -0.1) is 0 Å². The number of ether oxygens (including phenoxy) is 1. The molecule has 0 amide bonds. The van der Waals surface area contributed by atoms with E-state index in [0.29, 0.717) is 28.9 Å². The average Bonchev–Trinajstić information content (AvgIpc) is 3.01. The highest BCUT2D eigenvalue weighted by Crippen LogP contribution is 2.31. The van der Waals surface area contributed by atoms with Gasteiger partial charge >= 0.3 is 0 Å². The van der Waals surface area contributed by atoms with Crippen LogP contribution in [0.25, 0.3) is 5.69 Å². The zero-order valence-electron chi connectivity index (χ0n) is 14.8. The number of aromatic nitrogens is 4. The lowest BCUT2D eigenvalue weighted by Gasteiger charge is -2.30. The monoisotopic (exact) mass is 354 g/mol. The van der Waals surface area contributed by atoms with Gasteiger partial charge < -0.3 is 19.5 Å². The first-order chi connectivity index (χ1) is 12.5. The fourth-order valence-corrected chi connectivity index (χ4v) is 2.98. The molecule has 134 valence electrons. The second-order valence-electron chi connectivity index (χ2n) is 6.40. The van der Waals surface area contributed by atoms with Crippen molar-refractivity contribution in [1.29, 1.82) is 0 Å². The van der Waals surface area contributed by atoms with Crippen LogP contribution in [0.2, 0.25) is 0 Å². The van der Waals surface area contributed by atoms with E-state index in [9.17, 15) is 4.39 Å². The van der Waals surface area contributed by atoms with E-state index < -0.39 is 0 Å². The van der Waals surface area contributed by atoms with Crippen molar-refractivity contribution in [3.8, 4) is 11.4 Å². The fraction of sp³-hybridized carbons (Fsp3) is 0.278. The van der Waals surface area contributed by atoms with Gasteiger partial charge in [0.15, 0.2) is 11.6 Å². The molecule has 1 unspecified atom stereocenters. The highest BCUT2D eigenvalue weighted by molar-refractivity contribution is 5.60. The van der Waals surface area contributed by atoms with Crippen LogP contribution in [-0.2, 0) is 0 Å². The number of rotatable bonds is 3. The molecule has 7 nitrogen and oxygen atoms in total. The van der Waals surface area contributed by atoms with Gasteiger partial charge in [0.2, 0.25) is 5.95 Å². The Hall–Kier alpha value is -3.16. The summed E-state index contributed by atoms with van der Waals surface area (Å²) < 4.78 is 21.8. The van der Waals surface area contributed by atoms with E-state index in [1.165, 1.54) is 6.07 Å². The zero-order valence-corrected chi connectivity index (χ0v) is 14.8. The number of halogens is 1. The van der Waals surface area contributed by atoms with Crippen LogP contribution >= 0.6 is 0 Å². The molecule has 3 heterocycles. The molecule has 0 fully saturated rings. The lowest BCUT2D eigenvalue weighted by atomic mass is 10.2. The number of hydrogen-bond acceptors (Lipinski definition) is 6. The van der Waals surface area contributed by atoms with Crippen LogP contribution in [0.15, 0.2) is 36.9 Å². The molecule has 0 bridgehead atoms. The Labute approximate surface area is 150 Å². The lowest BCUT2D eigenvalue weighted by molar-refractivity contribution is 0.213. The van der Waals surface area contributed by atoms with Crippen LogP contribution in [0.1, 0.15) is 12.6 Å². The van der Waals surface area contributed by atoms with Gasteiger partial charge in [0.25, 0.3) is 0 Å². The smallest absolute Gasteiger partial charge is 0.229 e. The van der Waals surface area contributed by atoms with Gasteiger partial charge in [-0.2, -0.15) is 4.98 Å². The maximum Gasteiger partial charge on any atom is 0.229 e. The Morgan fingerprint density at radius 1 is 1.31 bits per heavy atom. The summed E-state index contributed by atoms with van der Waals surface area (Å²) in [6.07, 6.45) is 5.08. The number of imidazole rings is 1. The summed E-state index contributed by atoms with van der Waals surface area (Å²) >= 11 is 0. The minimum atomic E-state index is -0.361. The van der Waals surface area contributed by atoms with Gasteiger partial charge in [0.1, 0.15) is 11.9 Å².